The molecule has 2 aromatic heterocycles. The quantitative estimate of drug-likeness (QED) is 0.787. The summed E-state index contributed by atoms with van der Waals surface area (Å²) in [7, 11) is 0. The van der Waals surface area contributed by atoms with Gasteiger partial charge >= 0.3 is 0 Å². The van der Waals surface area contributed by atoms with Crippen LogP contribution in [-0.2, 0) is 4.79 Å². The third-order valence-corrected chi connectivity index (χ3v) is 4.27. The van der Waals surface area contributed by atoms with Crippen molar-refractivity contribution in [3.8, 4) is 0 Å². The fourth-order valence-electron chi connectivity index (χ4n) is 2.37. The summed E-state index contributed by atoms with van der Waals surface area (Å²) in [6.07, 6.45) is 1.87. The minimum absolute atomic E-state index is 0.163. The van der Waals surface area contributed by atoms with E-state index in [-0.39, 0.29) is 5.91 Å². The number of nitrogens with zero attached hydrogens (tertiary/aromatic N) is 3. The van der Waals surface area contributed by atoms with E-state index in [1.807, 2.05) is 11.1 Å². The van der Waals surface area contributed by atoms with Crippen molar-refractivity contribution in [1.82, 2.24) is 9.88 Å². The number of fused-ring (bicyclic) bond motifs is 1. The van der Waals surface area contributed by atoms with Crippen LogP contribution in [0.25, 0.3) is 10.1 Å². The van der Waals surface area contributed by atoms with Gasteiger partial charge in [0.05, 0.1) is 0 Å². The summed E-state index contributed by atoms with van der Waals surface area (Å²) in [5, 5.41) is 3.32. The molecule has 0 aliphatic carbocycles. The van der Waals surface area contributed by atoms with Crippen LogP contribution in [0.1, 0.15) is 6.92 Å². The van der Waals surface area contributed by atoms with Gasteiger partial charge < -0.3 is 9.80 Å². The molecule has 1 aliphatic heterocycles. The number of piperazine rings is 1. The predicted molar refractivity (Wildman–Crippen MR) is 74.1 cm³/mol. The third-order valence-electron chi connectivity index (χ3n) is 3.38. The first-order chi connectivity index (χ1) is 8.75. The maximum absolute atomic E-state index is 11.3. The second kappa shape index (κ2) is 4.57. The van der Waals surface area contributed by atoms with Gasteiger partial charge in [0.15, 0.2) is 0 Å². The molecular formula is C13H15N3OS. The predicted octanol–water partition coefficient (Wildman–Crippen LogP) is 1.96. The van der Waals surface area contributed by atoms with Crippen LogP contribution < -0.4 is 4.90 Å². The second-order valence-corrected chi connectivity index (χ2v) is 5.41. The van der Waals surface area contributed by atoms with Gasteiger partial charge in [-0.2, -0.15) is 0 Å². The first-order valence-corrected chi connectivity index (χ1v) is 6.96. The highest BCUT2D eigenvalue weighted by Gasteiger charge is 2.20. The Labute approximate surface area is 110 Å². The minimum Gasteiger partial charge on any atom is -0.353 e. The molecule has 1 fully saturated rings. The number of hydrogen-bond acceptors (Lipinski definition) is 4. The van der Waals surface area contributed by atoms with E-state index in [0.717, 1.165) is 32.0 Å². The summed E-state index contributed by atoms with van der Waals surface area (Å²) in [5.41, 5.74) is 0. The summed E-state index contributed by atoms with van der Waals surface area (Å²) in [5.74, 6) is 1.22. The Morgan fingerprint density at radius 2 is 2.06 bits per heavy atom. The molecule has 0 atom stereocenters. The highest BCUT2D eigenvalue weighted by atomic mass is 32.1. The number of carbonyl (C=O) groups excluding carboxylic acids is 1. The van der Waals surface area contributed by atoms with Gasteiger partial charge in [-0.1, -0.05) is 0 Å². The summed E-state index contributed by atoms with van der Waals surface area (Å²) >= 11 is 1.74. The largest absolute Gasteiger partial charge is 0.353 e. The molecular weight excluding hydrogens is 246 g/mol. The van der Waals surface area contributed by atoms with Crippen molar-refractivity contribution in [2.75, 3.05) is 31.1 Å². The van der Waals surface area contributed by atoms with Crippen molar-refractivity contribution in [1.29, 1.82) is 0 Å². The lowest BCUT2D eigenvalue weighted by Crippen LogP contribution is -2.48. The van der Waals surface area contributed by atoms with Gasteiger partial charge in [-0.05, 0) is 17.5 Å². The smallest absolute Gasteiger partial charge is 0.219 e. The Hall–Kier alpha value is -1.62. The SMILES string of the molecule is CC(=O)N1CCN(c2nccc3sccc23)CC1. The number of thiophene rings is 1. The van der Waals surface area contributed by atoms with Gasteiger partial charge in [-0.3, -0.25) is 4.79 Å². The Morgan fingerprint density at radius 3 is 2.78 bits per heavy atom. The van der Waals surface area contributed by atoms with Crippen LogP contribution in [0.2, 0.25) is 0 Å². The average molecular weight is 261 g/mol. The molecule has 0 bridgehead atoms. The second-order valence-electron chi connectivity index (χ2n) is 4.46. The minimum atomic E-state index is 0.163. The fourth-order valence-corrected chi connectivity index (χ4v) is 3.14. The van der Waals surface area contributed by atoms with Crippen molar-refractivity contribution in [2.24, 2.45) is 0 Å². The lowest BCUT2D eigenvalue weighted by atomic mass is 10.2. The van der Waals surface area contributed by atoms with Gasteiger partial charge in [0.1, 0.15) is 5.82 Å². The summed E-state index contributed by atoms with van der Waals surface area (Å²) in [4.78, 5) is 20.0. The Bertz CT molecular complexity index is 572. The Morgan fingerprint density at radius 1 is 1.28 bits per heavy atom. The lowest BCUT2D eigenvalue weighted by Gasteiger charge is -2.35. The molecule has 0 saturated carbocycles. The van der Waals surface area contributed by atoms with Gasteiger partial charge in [0.2, 0.25) is 5.91 Å². The van der Waals surface area contributed by atoms with Gasteiger partial charge in [0, 0.05) is 49.4 Å². The molecule has 4 nitrogen and oxygen atoms in total. The van der Waals surface area contributed by atoms with Crippen LogP contribution in [0.5, 0.6) is 0 Å². The summed E-state index contributed by atoms with van der Waals surface area (Å²) in [6, 6.07) is 4.18. The van der Waals surface area contributed by atoms with E-state index < -0.39 is 0 Å². The first-order valence-electron chi connectivity index (χ1n) is 6.08. The topological polar surface area (TPSA) is 36.4 Å². The molecule has 5 heteroatoms. The molecule has 1 aliphatic rings. The zero-order valence-corrected chi connectivity index (χ0v) is 11.1. The standard InChI is InChI=1S/C13H15N3OS/c1-10(17)15-5-7-16(8-6-15)13-11-3-9-18-12(11)2-4-14-13/h2-4,9H,5-8H2,1H3. The van der Waals surface area contributed by atoms with Crippen LogP contribution in [0.15, 0.2) is 23.7 Å². The normalized spacial score (nSPS) is 16.3. The van der Waals surface area contributed by atoms with Crippen LogP contribution >= 0.6 is 11.3 Å². The van der Waals surface area contributed by atoms with Gasteiger partial charge in [-0.25, -0.2) is 4.98 Å². The highest BCUT2D eigenvalue weighted by Crippen LogP contribution is 2.28. The molecule has 1 saturated heterocycles. The van der Waals surface area contributed by atoms with Crippen molar-refractivity contribution in [3.63, 3.8) is 0 Å². The fraction of sp³-hybridized carbons (Fsp3) is 0.385. The molecule has 2 aromatic rings. The molecule has 0 N–H and O–H groups in total. The number of aromatic nitrogens is 1. The summed E-state index contributed by atoms with van der Waals surface area (Å²) < 4.78 is 1.27. The van der Waals surface area contributed by atoms with Crippen molar-refractivity contribution in [2.45, 2.75) is 6.92 Å². The molecule has 0 unspecified atom stereocenters. The van der Waals surface area contributed by atoms with Gasteiger partial charge in [0.25, 0.3) is 0 Å². The molecule has 94 valence electrons. The summed E-state index contributed by atoms with van der Waals surface area (Å²) in [6.45, 7) is 4.94. The number of carbonyl (C=O) groups is 1. The van der Waals surface area contributed by atoms with E-state index in [1.165, 1.54) is 10.1 Å². The van der Waals surface area contributed by atoms with Crippen molar-refractivity contribution >= 4 is 33.1 Å². The number of pyridine rings is 1. The van der Waals surface area contributed by atoms with E-state index in [0.29, 0.717) is 0 Å². The highest BCUT2D eigenvalue weighted by molar-refractivity contribution is 7.17. The maximum atomic E-state index is 11.3. The van der Waals surface area contributed by atoms with Crippen LogP contribution in [-0.4, -0.2) is 42.0 Å². The van der Waals surface area contributed by atoms with E-state index in [4.69, 9.17) is 0 Å². The van der Waals surface area contributed by atoms with Crippen LogP contribution in [0.4, 0.5) is 5.82 Å². The van der Waals surface area contributed by atoms with Crippen molar-refractivity contribution in [3.05, 3.63) is 23.7 Å². The lowest BCUT2D eigenvalue weighted by molar-refractivity contribution is -0.129. The maximum Gasteiger partial charge on any atom is 0.219 e. The number of amides is 1. The number of anilines is 1. The molecule has 0 aromatic carbocycles. The van der Waals surface area contributed by atoms with Crippen molar-refractivity contribution < 1.29 is 4.79 Å². The van der Waals surface area contributed by atoms with E-state index >= 15 is 0 Å². The first kappa shape index (κ1) is 11.5. The zero-order valence-electron chi connectivity index (χ0n) is 10.3. The van der Waals surface area contributed by atoms with E-state index in [2.05, 4.69) is 27.4 Å². The molecule has 1 amide bonds. The third kappa shape index (κ3) is 1.95. The van der Waals surface area contributed by atoms with E-state index in [9.17, 15) is 4.79 Å². The zero-order chi connectivity index (χ0) is 12.5. The average Bonchev–Trinajstić information content (AvgIpc) is 2.87. The Kier molecular flexibility index (Phi) is 2.91. The number of rotatable bonds is 1. The van der Waals surface area contributed by atoms with Crippen LogP contribution in [0.3, 0.4) is 0 Å². The van der Waals surface area contributed by atoms with E-state index in [1.54, 1.807) is 18.3 Å². The molecule has 0 radical (unpaired) electrons. The number of hydrogen-bond donors (Lipinski definition) is 0. The molecule has 0 spiro atoms. The Balaban J connectivity index is 1.84. The molecule has 3 heterocycles. The monoisotopic (exact) mass is 261 g/mol. The van der Waals surface area contributed by atoms with Gasteiger partial charge in [-0.15, -0.1) is 11.3 Å². The molecule has 18 heavy (non-hydrogen) atoms. The van der Waals surface area contributed by atoms with Crippen LogP contribution in [0, 0.1) is 0 Å². The molecule has 3 rings (SSSR count).